The predicted octanol–water partition coefficient (Wildman–Crippen LogP) is 15.8. The number of amides is 1. The molecule has 0 saturated carbocycles. The van der Waals surface area contributed by atoms with E-state index in [-0.39, 0.29) is 18.9 Å². The Morgan fingerprint density at radius 3 is 1.02 bits per heavy atom. The van der Waals surface area contributed by atoms with Gasteiger partial charge < -0.3 is 89.9 Å². The summed E-state index contributed by atoms with van der Waals surface area (Å²) in [6, 6.07) is -1.01. The molecule has 3 saturated heterocycles. The molecule has 0 aromatic rings. The van der Waals surface area contributed by atoms with Crippen molar-refractivity contribution < 1.29 is 89.4 Å². The van der Waals surface area contributed by atoms with Crippen molar-refractivity contribution in [3.63, 3.8) is 0 Å². The molecule has 3 rings (SSSR count). The Bertz CT molecular complexity index is 2560. The molecule has 3 aliphatic heterocycles. The van der Waals surface area contributed by atoms with Gasteiger partial charge >= 0.3 is 0 Å². The van der Waals surface area contributed by atoms with Gasteiger partial charge in [-0.2, -0.15) is 0 Å². The summed E-state index contributed by atoms with van der Waals surface area (Å²) in [6.45, 7) is 1.61. The number of aliphatic hydroxyl groups excluding tert-OH is 11. The Balaban J connectivity index is 1.36. The summed E-state index contributed by atoms with van der Waals surface area (Å²) in [4.78, 5) is 13.5. The molecule has 110 heavy (non-hydrogen) atoms. The largest absolute Gasteiger partial charge is 0.394 e. The van der Waals surface area contributed by atoms with Gasteiger partial charge in [-0.1, -0.05) is 314 Å². The van der Waals surface area contributed by atoms with Gasteiger partial charge in [-0.25, -0.2) is 0 Å². The van der Waals surface area contributed by atoms with E-state index in [1.54, 1.807) is 6.08 Å². The monoisotopic (exact) mass is 1550 g/mol. The molecule has 0 aliphatic carbocycles. The maximum Gasteiger partial charge on any atom is 0.220 e. The number of hydrogen-bond donors (Lipinski definition) is 12. The van der Waals surface area contributed by atoms with E-state index in [1.807, 2.05) is 6.08 Å². The van der Waals surface area contributed by atoms with Crippen LogP contribution in [0, 0.1) is 0 Å². The van der Waals surface area contributed by atoms with E-state index in [0.717, 1.165) is 116 Å². The van der Waals surface area contributed by atoms with Crippen LogP contribution in [0.5, 0.6) is 0 Å². The number of hydrogen-bond acceptors (Lipinski definition) is 18. The lowest BCUT2D eigenvalue weighted by Gasteiger charge is -2.48. The van der Waals surface area contributed by atoms with E-state index in [1.165, 1.54) is 141 Å². The molecule has 19 heteroatoms. The quantitative estimate of drug-likeness (QED) is 0.0199. The van der Waals surface area contributed by atoms with Gasteiger partial charge in [0.15, 0.2) is 18.9 Å². The van der Waals surface area contributed by atoms with Crippen LogP contribution in [0.1, 0.15) is 290 Å². The highest BCUT2D eigenvalue weighted by Gasteiger charge is 2.54. The molecule has 0 radical (unpaired) electrons. The number of aliphatic hydroxyl groups is 11. The molecule has 0 bridgehead atoms. The van der Waals surface area contributed by atoms with Crippen molar-refractivity contribution in [1.82, 2.24) is 5.32 Å². The molecule has 3 fully saturated rings. The Labute approximate surface area is 663 Å². The average Bonchev–Trinajstić information content (AvgIpc) is 0.780. The van der Waals surface area contributed by atoms with Gasteiger partial charge in [-0.15, -0.1) is 0 Å². The van der Waals surface area contributed by atoms with Crippen LogP contribution in [-0.2, 0) is 33.2 Å². The molecule has 1 amide bonds. The fourth-order valence-corrected chi connectivity index (χ4v) is 13.5. The highest BCUT2D eigenvalue weighted by atomic mass is 16.8. The van der Waals surface area contributed by atoms with Crippen LogP contribution in [0.4, 0.5) is 0 Å². The second-order valence-electron chi connectivity index (χ2n) is 29.9. The molecule has 0 aromatic heterocycles. The number of ether oxygens (including phenoxy) is 6. The maximum absolute atomic E-state index is 13.5. The van der Waals surface area contributed by atoms with Crippen LogP contribution < -0.4 is 5.32 Å². The molecular formula is C91H153NO18. The summed E-state index contributed by atoms with van der Waals surface area (Å²) in [7, 11) is 0. The Hall–Kier alpha value is -4.33. The van der Waals surface area contributed by atoms with Gasteiger partial charge in [0.1, 0.15) is 73.2 Å². The first-order chi connectivity index (χ1) is 53.8. The SMILES string of the molecule is CC/C=C\C/C=C\C/C=C\C/C=C\C/C=C\C/C=C\C/C=C\C/C=C\C/C=C\CCCCCCCCCCCCCC(=O)NC(COC1OC(CO)C(OC2OC(CO)C(OC3OC(CO)C(O)C(O)C3O)C(O)C2O)C(O)C1O)C(O)/C=C/CC/C=C/CC/C=C/CCCCCCCCCCCCCCCCCC. The summed E-state index contributed by atoms with van der Waals surface area (Å²) in [5.74, 6) is -0.296. The molecule has 12 N–H and O–H groups in total. The Morgan fingerprint density at radius 2 is 0.636 bits per heavy atom. The minimum Gasteiger partial charge on any atom is -0.394 e. The van der Waals surface area contributed by atoms with E-state index in [0.29, 0.717) is 12.8 Å². The first-order valence-electron chi connectivity index (χ1n) is 43.1. The first-order valence-corrected chi connectivity index (χ1v) is 43.1. The number of carbonyl (C=O) groups is 1. The van der Waals surface area contributed by atoms with Crippen molar-refractivity contribution in [3.05, 3.63) is 146 Å². The third-order valence-electron chi connectivity index (χ3n) is 20.3. The number of nitrogens with one attached hydrogen (secondary N) is 1. The van der Waals surface area contributed by atoms with E-state index in [9.17, 15) is 61.0 Å². The van der Waals surface area contributed by atoms with Gasteiger partial charge in [0.05, 0.1) is 38.6 Å². The van der Waals surface area contributed by atoms with E-state index < -0.39 is 124 Å². The van der Waals surface area contributed by atoms with Gasteiger partial charge in [-0.05, 0) is 116 Å². The molecular weight excluding hydrogens is 1390 g/mol. The molecule has 0 spiro atoms. The first kappa shape index (κ1) is 99.9. The molecule has 17 atom stereocenters. The third kappa shape index (κ3) is 47.5. The fourth-order valence-electron chi connectivity index (χ4n) is 13.5. The van der Waals surface area contributed by atoms with E-state index in [2.05, 4.69) is 153 Å². The van der Waals surface area contributed by atoms with Crippen LogP contribution in [0.3, 0.4) is 0 Å². The average molecular weight is 1550 g/mol. The summed E-state index contributed by atoms with van der Waals surface area (Å²) >= 11 is 0. The number of allylic oxidation sites excluding steroid dienone is 23. The summed E-state index contributed by atoms with van der Waals surface area (Å²) in [5.41, 5.74) is 0. The normalized spacial score (nSPS) is 25.9. The van der Waals surface area contributed by atoms with Crippen molar-refractivity contribution in [2.24, 2.45) is 0 Å². The summed E-state index contributed by atoms with van der Waals surface area (Å²) in [5, 5.41) is 121. The van der Waals surface area contributed by atoms with Crippen LogP contribution in [0.25, 0.3) is 0 Å². The Morgan fingerprint density at radius 1 is 0.336 bits per heavy atom. The van der Waals surface area contributed by atoms with Crippen LogP contribution in [-0.4, -0.2) is 193 Å². The van der Waals surface area contributed by atoms with Crippen molar-refractivity contribution in [2.45, 2.75) is 394 Å². The smallest absolute Gasteiger partial charge is 0.220 e. The highest BCUT2D eigenvalue weighted by molar-refractivity contribution is 5.76. The van der Waals surface area contributed by atoms with Crippen molar-refractivity contribution in [2.75, 3.05) is 26.4 Å². The predicted molar refractivity (Wildman–Crippen MR) is 442 cm³/mol. The van der Waals surface area contributed by atoms with Crippen LogP contribution in [0.15, 0.2) is 146 Å². The topological polar surface area (TPSA) is 307 Å². The molecule has 3 heterocycles. The lowest BCUT2D eigenvalue weighted by molar-refractivity contribution is -0.379. The maximum atomic E-state index is 13.5. The van der Waals surface area contributed by atoms with Crippen molar-refractivity contribution >= 4 is 5.91 Å². The lowest BCUT2D eigenvalue weighted by Crippen LogP contribution is -2.66. The van der Waals surface area contributed by atoms with Crippen LogP contribution >= 0.6 is 0 Å². The van der Waals surface area contributed by atoms with Crippen LogP contribution in [0.2, 0.25) is 0 Å². The van der Waals surface area contributed by atoms with Crippen molar-refractivity contribution in [3.8, 4) is 0 Å². The number of carbonyl (C=O) groups excluding carboxylic acids is 1. The standard InChI is InChI=1S/C91H153NO18/c1-3-5-7-9-11-13-15-17-19-21-23-25-27-29-31-32-33-34-35-36-37-38-39-40-41-42-43-45-47-49-51-53-55-57-59-61-63-65-67-69-79(97)92-74(75(96)68-66-64-62-60-58-56-54-52-50-48-46-44-30-28-26-24-22-20-18-16-14-12-10-8-6-4-2)73-105-89-85(103)82(100)87(77(71-94)107-89)110-91-86(104)83(101)88(78(72-95)108-91)109-90-84(102)81(99)80(98)76(70-93)106-90/h5,7,11,13,17,19,23,25,29,31,33-34,36-37,39-40,42-43,50,52,58,60,66,68,74-78,80-91,93-96,98-104H,3-4,6,8-10,12,14-16,18,20-22,24,26-28,30,32,35,38,41,44-49,51,53-57,59,61-65,67,69-73H2,1-2H3,(H,92,97)/b7-5-,13-11-,19-17-,25-23-,31-29-,34-33-,37-36-,40-39-,43-42-,52-50+,60-58+,68-66+. The minimum absolute atomic E-state index is 0.219. The fraction of sp³-hybridized carbons (Fsp3) is 0.725. The van der Waals surface area contributed by atoms with E-state index in [4.69, 9.17) is 28.4 Å². The molecule has 17 unspecified atom stereocenters. The number of unbranched alkanes of at least 4 members (excludes halogenated alkanes) is 29. The number of rotatable bonds is 67. The zero-order chi connectivity index (χ0) is 79.5. The molecule has 19 nitrogen and oxygen atoms in total. The minimum atomic E-state index is -1.99. The zero-order valence-corrected chi connectivity index (χ0v) is 67.7. The third-order valence-corrected chi connectivity index (χ3v) is 20.3. The van der Waals surface area contributed by atoms with Gasteiger partial charge in [0.2, 0.25) is 5.91 Å². The zero-order valence-electron chi connectivity index (χ0n) is 67.7. The second-order valence-corrected chi connectivity index (χ2v) is 29.9. The van der Waals surface area contributed by atoms with Crippen molar-refractivity contribution in [1.29, 1.82) is 0 Å². The van der Waals surface area contributed by atoms with Gasteiger partial charge in [0, 0.05) is 6.42 Å². The van der Waals surface area contributed by atoms with E-state index >= 15 is 0 Å². The van der Waals surface area contributed by atoms with Gasteiger partial charge in [-0.3, -0.25) is 4.79 Å². The molecule has 0 aromatic carbocycles. The second kappa shape index (κ2) is 69.0. The lowest BCUT2D eigenvalue weighted by atomic mass is 9.96. The summed E-state index contributed by atoms with van der Waals surface area (Å²) in [6.07, 6.45) is 74.1. The summed E-state index contributed by atoms with van der Waals surface area (Å²) < 4.78 is 34.5. The Kier molecular flexibility index (Phi) is 62.7. The molecule has 630 valence electrons. The van der Waals surface area contributed by atoms with Gasteiger partial charge in [0.25, 0.3) is 0 Å². The molecule has 3 aliphatic rings. The highest BCUT2D eigenvalue weighted by Crippen LogP contribution is 2.33.